The maximum absolute atomic E-state index is 10.9. The van der Waals surface area contributed by atoms with Crippen molar-refractivity contribution in [3.63, 3.8) is 0 Å². The van der Waals surface area contributed by atoms with Crippen LogP contribution in [0.4, 0.5) is 5.95 Å². The van der Waals surface area contributed by atoms with E-state index in [-0.39, 0.29) is 11.0 Å². The lowest BCUT2D eigenvalue weighted by Gasteiger charge is -2.40. The van der Waals surface area contributed by atoms with Crippen LogP contribution in [0.3, 0.4) is 0 Å². The number of carboxylic acid groups (broad SMARTS) is 1. The number of nitrogen functional groups attached to an aromatic ring is 1. The first-order valence-corrected chi connectivity index (χ1v) is 9.86. The van der Waals surface area contributed by atoms with Crippen LogP contribution in [0, 0.1) is 0 Å². The van der Waals surface area contributed by atoms with Gasteiger partial charge < -0.3 is 20.5 Å². The number of hydrogen-bond donors (Lipinski definition) is 2. The number of nitrogens with zero attached hydrogens (tertiary/aromatic N) is 3. The van der Waals surface area contributed by atoms with Crippen LogP contribution in [-0.2, 0) is 11.8 Å². The smallest absolute Gasteiger partial charge is 0.335 e. The third-order valence-electron chi connectivity index (χ3n) is 5.90. The molecule has 0 amide bonds. The summed E-state index contributed by atoms with van der Waals surface area (Å²) < 4.78 is 5.76. The third-order valence-corrected chi connectivity index (χ3v) is 5.90. The first-order chi connectivity index (χ1) is 13.6. The van der Waals surface area contributed by atoms with Crippen LogP contribution in [0.15, 0.2) is 30.5 Å². The van der Waals surface area contributed by atoms with Gasteiger partial charge in [0.05, 0.1) is 17.9 Å². The first-order valence-electron chi connectivity index (χ1n) is 9.86. The molecule has 1 aliphatic heterocycles. The summed E-state index contributed by atoms with van der Waals surface area (Å²) in [5.74, 6) is 0.155. The summed E-state index contributed by atoms with van der Waals surface area (Å²) in [6.45, 7) is 3.71. The van der Waals surface area contributed by atoms with E-state index < -0.39 is 5.97 Å². The van der Waals surface area contributed by atoms with Gasteiger partial charge in [-0.2, -0.15) is 0 Å². The average molecular weight is 382 g/mol. The summed E-state index contributed by atoms with van der Waals surface area (Å²) in [5.41, 5.74) is 8.66. The Balaban J connectivity index is 1.29. The zero-order valence-electron chi connectivity index (χ0n) is 15.9. The van der Waals surface area contributed by atoms with E-state index in [1.54, 1.807) is 24.3 Å². The number of fused-ring (bicyclic) bond motifs is 2. The summed E-state index contributed by atoms with van der Waals surface area (Å²) in [4.78, 5) is 22.1. The molecule has 7 nitrogen and oxygen atoms in total. The number of nitrogens with two attached hydrogens (primary N) is 1. The van der Waals surface area contributed by atoms with E-state index in [4.69, 9.17) is 15.6 Å². The maximum atomic E-state index is 10.9. The fourth-order valence-corrected chi connectivity index (χ4v) is 4.54. The topological polar surface area (TPSA) is 102 Å². The lowest BCUT2D eigenvalue weighted by atomic mass is 9.77. The average Bonchev–Trinajstić information content (AvgIpc) is 3.03. The highest BCUT2D eigenvalue weighted by Gasteiger charge is 2.43. The second-order valence-electron chi connectivity index (χ2n) is 7.79. The molecule has 2 aromatic rings. The lowest BCUT2D eigenvalue weighted by molar-refractivity contribution is 0.0697. The van der Waals surface area contributed by atoms with Crippen LogP contribution in [0.25, 0.3) is 0 Å². The van der Waals surface area contributed by atoms with Gasteiger partial charge in [0.2, 0.25) is 5.95 Å². The predicted octanol–water partition coefficient (Wildman–Crippen LogP) is 2.51. The molecule has 1 spiro atoms. The van der Waals surface area contributed by atoms with Gasteiger partial charge in [-0.15, -0.1) is 0 Å². The van der Waals surface area contributed by atoms with Crippen molar-refractivity contribution < 1.29 is 14.6 Å². The molecule has 1 aliphatic carbocycles. The molecule has 1 fully saturated rings. The van der Waals surface area contributed by atoms with Crippen LogP contribution in [0.1, 0.15) is 47.3 Å². The fourth-order valence-electron chi connectivity index (χ4n) is 4.54. The molecular formula is C21H26N4O3. The zero-order valence-corrected chi connectivity index (χ0v) is 15.9. The van der Waals surface area contributed by atoms with Crippen LogP contribution in [-0.4, -0.2) is 52.2 Å². The molecule has 2 aliphatic rings. The molecule has 0 bridgehead atoms. The van der Waals surface area contributed by atoms with E-state index >= 15 is 0 Å². The van der Waals surface area contributed by atoms with Crippen LogP contribution < -0.4 is 10.5 Å². The van der Waals surface area contributed by atoms with Crippen molar-refractivity contribution in [1.82, 2.24) is 14.9 Å². The normalized spacial score (nSPS) is 21.6. The Morgan fingerprint density at radius 3 is 2.89 bits per heavy atom. The number of aryl methyl sites for hydroxylation is 1. The van der Waals surface area contributed by atoms with Crippen molar-refractivity contribution in [1.29, 1.82) is 0 Å². The van der Waals surface area contributed by atoms with Gasteiger partial charge in [-0.25, -0.2) is 14.8 Å². The van der Waals surface area contributed by atoms with Gasteiger partial charge in [0.25, 0.3) is 0 Å². The number of hydrogen-bond acceptors (Lipinski definition) is 6. The third kappa shape index (κ3) is 3.80. The largest absolute Gasteiger partial charge is 0.494 e. The maximum Gasteiger partial charge on any atom is 0.335 e. The van der Waals surface area contributed by atoms with Crippen LogP contribution in [0.2, 0.25) is 0 Å². The number of carboxylic acids is 1. The van der Waals surface area contributed by atoms with E-state index in [1.165, 1.54) is 24.1 Å². The Bertz CT molecular complexity index is 851. The van der Waals surface area contributed by atoms with Crippen molar-refractivity contribution in [3.05, 3.63) is 47.3 Å². The van der Waals surface area contributed by atoms with Crippen molar-refractivity contribution in [2.45, 2.75) is 37.5 Å². The summed E-state index contributed by atoms with van der Waals surface area (Å²) in [6, 6.07) is 6.55. The van der Waals surface area contributed by atoms with Crippen molar-refractivity contribution >= 4 is 11.9 Å². The van der Waals surface area contributed by atoms with Gasteiger partial charge in [-0.1, -0.05) is 0 Å². The summed E-state index contributed by atoms with van der Waals surface area (Å²) in [6.07, 6.45) is 7.33. The number of aromatic carboxylic acids is 1. The lowest BCUT2D eigenvalue weighted by Crippen LogP contribution is -2.45. The second-order valence-corrected chi connectivity index (χ2v) is 7.79. The Labute approximate surface area is 164 Å². The standard InChI is InChI=1S/C21H26N4O3/c22-20-23-13-16-7-9-21(18(16)24-20)8-1-10-25(14-21)11-2-12-28-17-5-3-15(4-6-17)19(26)27/h3-6,13H,1-2,7-12,14H2,(H,26,27)(H2,22,23,24). The second kappa shape index (κ2) is 7.75. The Kier molecular flexibility index (Phi) is 5.17. The number of rotatable bonds is 6. The van der Waals surface area contributed by atoms with E-state index in [0.717, 1.165) is 38.9 Å². The highest BCUT2D eigenvalue weighted by Crippen LogP contribution is 2.43. The molecule has 148 valence electrons. The van der Waals surface area contributed by atoms with Crippen molar-refractivity contribution in [2.24, 2.45) is 0 Å². The number of carbonyl (C=O) groups is 1. The molecule has 1 unspecified atom stereocenters. The molecule has 4 rings (SSSR count). The Morgan fingerprint density at radius 2 is 2.11 bits per heavy atom. The number of anilines is 1. The molecule has 1 atom stereocenters. The molecule has 7 heteroatoms. The van der Waals surface area contributed by atoms with E-state index in [0.29, 0.717) is 18.3 Å². The summed E-state index contributed by atoms with van der Waals surface area (Å²) in [5, 5.41) is 8.94. The van der Waals surface area contributed by atoms with Gasteiger partial charge in [0.15, 0.2) is 0 Å². The van der Waals surface area contributed by atoms with Gasteiger partial charge in [0, 0.05) is 24.7 Å². The van der Waals surface area contributed by atoms with Crippen molar-refractivity contribution in [2.75, 3.05) is 32.0 Å². The Hall–Kier alpha value is -2.67. The molecule has 28 heavy (non-hydrogen) atoms. The van der Waals surface area contributed by atoms with Crippen LogP contribution in [0.5, 0.6) is 5.75 Å². The van der Waals surface area contributed by atoms with E-state index in [9.17, 15) is 4.79 Å². The minimum Gasteiger partial charge on any atom is -0.494 e. The molecule has 1 aromatic heterocycles. The minimum atomic E-state index is -0.925. The monoisotopic (exact) mass is 382 g/mol. The van der Waals surface area contributed by atoms with E-state index in [1.807, 2.05) is 6.20 Å². The summed E-state index contributed by atoms with van der Waals surface area (Å²) in [7, 11) is 0. The van der Waals surface area contributed by atoms with Crippen LogP contribution >= 0.6 is 0 Å². The Morgan fingerprint density at radius 1 is 1.29 bits per heavy atom. The fraction of sp³-hybridized carbons (Fsp3) is 0.476. The number of ether oxygens (including phenoxy) is 1. The number of piperidine rings is 1. The van der Waals surface area contributed by atoms with Gasteiger partial charge >= 0.3 is 5.97 Å². The molecule has 1 saturated heterocycles. The number of likely N-dealkylation sites (tertiary alicyclic amines) is 1. The molecule has 1 aromatic carbocycles. The SMILES string of the molecule is Nc1ncc2c(n1)C1(CCCN(CCCOc3ccc(C(=O)O)cc3)C1)CC2. The van der Waals surface area contributed by atoms with Gasteiger partial charge in [-0.05, 0) is 68.5 Å². The van der Waals surface area contributed by atoms with Gasteiger partial charge in [0.1, 0.15) is 5.75 Å². The quantitative estimate of drug-likeness (QED) is 0.740. The molecule has 0 saturated carbocycles. The first kappa shape index (κ1) is 18.7. The minimum absolute atomic E-state index is 0.123. The molecule has 0 radical (unpaired) electrons. The van der Waals surface area contributed by atoms with Crippen molar-refractivity contribution in [3.8, 4) is 5.75 Å². The summed E-state index contributed by atoms with van der Waals surface area (Å²) >= 11 is 0. The molecule has 3 N–H and O–H groups in total. The predicted molar refractivity (Wildman–Crippen MR) is 106 cm³/mol. The van der Waals surface area contributed by atoms with E-state index in [2.05, 4.69) is 14.9 Å². The molecular weight excluding hydrogens is 356 g/mol. The number of benzene rings is 1. The van der Waals surface area contributed by atoms with Gasteiger partial charge in [-0.3, -0.25) is 0 Å². The highest BCUT2D eigenvalue weighted by molar-refractivity contribution is 5.87. The molecule has 2 heterocycles. The zero-order chi connectivity index (χ0) is 19.6. The number of aromatic nitrogens is 2. The highest BCUT2D eigenvalue weighted by atomic mass is 16.5.